The number of esters is 1. The predicted molar refractivity (Wildman–Crippen MR) is 155 cm³/mol. The van der Waals surface area contributed by atoms with Crippen LogP contribution < -0.4 is 24.6 Å². The summed E-state index contributed by atoms with van der Waals surface area (Å²) in [6.45, 7) is 8.20. The van der Waals surface area contributed by atoms with Crippen molar-refractivity contribution in [3.05, 3.63) is 54.1 Å². The number of carbonyl (C=O) groups is 2. The first kappa shape index (κ1) is 34.3. The Hall–Kier alpha value is -3.19. The molecule has 2 aromatic rings. The molecule has 0 bridgehead atoms. The Morgan fingerprint density at radius 3 is 2.37 bits per heavy atom. The van der Waals surface area contributed by atoms with Gasteiger partial charge in [-0.05, 0) is 51.0 Å². The Kier molecular flexibility index (Phi) is 12.4. The van der Waals surface area contributed by atoms with E-state index in [1.54, 1.807) is 90.3 Å². The Morgan fingerprint density at radius 1 is 1.02 bits per heavy atom. The van der Waals surface area contributed by atoms with Crippen LogP contribution in [0, 0.1) is 5.92 Å². The average Bonchev–Trinajstić information content (AvgIpc) is 3.29. The SMILES string of the molecule is CCOC(=O)[C@@H](NP(=O)(OC[C@H]1OC(C)(C)O[C@H]1C(=O)NOCc1ccc(OC)cc1OC)Oc1ccccc1)C(C)C. The van der Waals surface area contributed by atoms with Gasteiger partial charge in [-0.3, -0.25) is 19.0 Å². The fourth-order valence-electron chi connectivity index (χ4n) is 4.15. The number of nitrogens with one attached hydrogen (secondary N) is 2. The molecule has 1 aliphatic rings. The van der Waals surface area contributed by atoms with Gasteiger partial charge < -0.3 is 28.2 Å². The Balaban J connectivity index is 1.72. The lowest BCUT2D eigenvalue weighted by Gasteiger charge is -2.27. The van der Waals surface area contributed by atoms with Crippen LogP contribution in [0.1, 0.15) is 40.2 Å². The van der Waals surface area contributed by atoms with Crippen LogP contribution in [0.3, 0.4) is 0 Å². The van der Waals surface area contributed by atoms with E-state index in [1.807, 2.05) is 0 Å². The summed E-state index contributed by atoms with van der Waals surface area (Å²) in [6.07, 6.45) is -2.20. The zero-order chi connectivity index (χ0) is 31.6. The van der Waals surface area contributed by atoms with Crippen LogP contribution in [0.25, 0.3) is 0 Å². The Labute approximate surface area is 251 Å². The number of hydrogen-bond donors (Lipinski definition) is 2. The molecule has 0 aromatic heterocycles. The first-order chi connectivity index (χ1) is 20.4. The van der Waals surface area contributed by atoms with Crippen molar-refractivity contribution in [3.8, 4) is 17.2 Å². The molecule has 1 aliphatic heterocycles. The molecule has 0 aliphatic carbocycles. The molecule has 13 nitrogen and oxygen atoms in total. The zero-order valence-electron chi connectivity index (χ0n) is 25.5. The highest BCUT2D eigenvalue weighted by atomic mass is 31.2. The topological polar surface area (TPSA) is 149 Å². The summed E-state index contributed by atoms with van der Waals surface area (Å²) in [5, 5.41) is 2.72. The highest BCUT2D eigenvalue weighted by Crippen LogP contribution is 2.46. The number of hydroxylamine groups is 1. The molecule has 1 fully saturated rings. The number of para-hydroxylation sites is 1. The van der Waals surface area contributed by atoms with E-state index in [1.165, 1.54) is 7.11 Å². The summed E-state index contributed by atoms with van der Waals surface area (Å²) in [4.78, 5) is 31.2. The minimum absolute atomic E-state index is 0.00840. The fourth-order valence-corrected chi connectivity index (χ4v) is 5.82. The summed E-state index contributed by atoms with van der Waals surface area (Å²) < 4.78 is 53.0. The van der Waals surface area contributed by atoms with Gasteiger partial charge in [0, 0.05) is 11.6 Å². The minimum Gasteiger partial charge on any atom is -0.497 e. The predicted octanol–water partition coefficient (Wildman–Crippen LogP) is 4.15. The van der Waals surface area contributed by atoms with Crippen molar-refractivity contribution in [1.82, 2.24) is 10.6 Å². The molecular formula is C29H41N2O11P. The van der Waals surface area contributed by atoms with Crippen LogP contribution in [-0.4, -0.2) is 63.3 Å². The molecule has 43 heavy (non-hydrogen) atoms. The van der Waals surface area contributed by atoms with Gasteiger partial charge in [0.05, 0.1) is 27.4 Å². The molecule has 1 unspecified atom stereocenters. The highest BCUT2D eigenvalue weighted by molar-refractivity contribution is 7.52. The van der Waals surface area contributed by atoms with Gasteiger partial charge in [0.15, 0.2) is 11.9 Å². The largest absolute Gasteiger partial charge is 0.497 e. The molecule has 2 aromatic carbocycles. The van der Waals surface area contributed by atoms with Crippen LogP contribution in [0.15, 0.2) is 48.5 Å². The van der Waals surface area contributed by atoms with Crippen LogP contribution in [-0.2, 0) is 44.3 Å². The zero-order valence-corrected chi connectivity index (χ0v) is 26.4. The Bertz CT molecular complexity index is 1260. The van der Waals surface area contributed by atoms with E-state index in [2.05, 4.69) is 10.6 Å². The summed E-state index contributed by atoms with van der Waals surface area (Å²) in [5.74, 6) is -1.38. The summed E-state index contributed by atoms with van der Waals surface area (Å²) in [7, 11) is -1.17. The maximum atomic E-state index is 14.0. The van der Waals surface area contributed by atoms with Crippen LogP contribution in [0.4, 0.5) is 0 Å². The summed E-state index contributed by atoms with van der Waals surface area (Å²) in [5.41, 5.74) is 3.04. The minimum atomic E-state index is -4.23. The standard InChI is InChI=1S/C29H41N2O11P/c1-8-37-28(33)25(19(2)3)31-43(34,42-21-12-10-9-11-13-21)39-18-24-26(41-29(4,5)40-24)27(32)30-38-17-20-14-15-22(35-6)16-23(20)36-7/h9-16,19,24-26H,8,17-18H2,1-7H3,(H,30,32)(H,31,34)/t24-,25+,26-,43?/m1/s1. The third kappa shape index (κ3) is 9.92. The van der Waals surface area contributed by atoms with E-state index >= 15 is 0 Å². The van der Waals surface area contributed by atoms with Gasteiger partial charge in [-0.1, -0.05) is 32.0 Å². The number of benzene rings is 2. The third-order valence-corrected chi connectivity index (χ3v) is 7.75. The summed E-state index contributed by atoms with van der Waals surface area (Å²) >= 11 is 0. The van der Waals surface area contributed by atoms with Crippen LogP contribution in [0.5, 0.6) is 17.2 Å². The van der Waals surface area contributed by atoms with Gasteiger partial charge in [-0.2, -0.15) is 5.09 Å². The maximum Gasteiger partial charge on any atom is 0.459 e. The number of amides is 1. The van der Waals surface area contributed by atoms with E-state index < -0.39 is 50.3 Å². The molecule has 1 amide bonds. The van der Waals surface area contributed by atoms with Crippen LogP contribution in [0.2, 0.25) is 0 Å². The van der Waals surface area contributed by atoms with E-state index in [0.717, 1.165) is 0 Å². The summed E-state index contributed by atoms with van der Waals surface area (Å²) in [6, 6.07) is 12.5. The van der Waals surface area contributed by atoms with E-state index in [4.69, 9.17) is 37.6 Å². The molecule has 0 spiro atoms. The highest BCUT2D eigenvalue weighted by Gasteiger charge is 2.47. The molecule has 1 heterocycles. The second-order valence-corrected chi connectivity index (χ2v) is 12.0. The van der Waals surface area contributed by atoms with Crippen molar-refractivity contribution in [2.24, 2.45) is 5.92 Å². The number of rotatable bonds is 16. The van der Waals surface area contributed by atoms with Crippen molar-refractivity contribution in [3.63, 3.8) is 0 Å². The number of ether oxygens (including phenoxy) is 5. The molecule has 2 N–H and O–H groups in total. The Morgan fingerprint density at radius 2 is 1.74 bits per heavy atom. The lowest BCUT2D eigenvalue weighted by Crippen LogP contribution is -2.44. The van der Waals surface area contributed by atoms with Gasteiger partial charge in [0.2, 0.25) is 0 Å². The molecular weight excluding hydrogens is 583 g/mol. The molecule has 0 radical (unpaired) electrons. The quantitative estimate of drug-likeness (QED) is 0.157. The second-order valence-electron chi connectivity index (χ2n) is 10.3. The fraction of sp³-hybridized carbons (Fsp3) is 0.517. The number of methoxy groups -OCH3 is 2. The van der Waals surface area contributed by atoms with E-state index in [-0.39, 0.29) is 24.9 Å². The van der Waals surface area contributed by atoms with Crippen LogP contribution >= 0.6 is 7.75 Å². The van der Waals surface area contributed by atoms with Crippen molar-refractivity contribution in [1.29, 1.82) is 0 Å². The lowest BCUT2D eigenvalue weighted by atomic mass is 10.1. The van der Waals surface area contributed by atoms with Crippen molar-refractivity contribution in [2.45, 2.75) is 65.3 Å². The number of carbonyl (C=O) groups excluding carboxylic acids is 2. The lowest BCUT2D eigenvalue weighted by molar-refractivity contribution is -0.163. The van der Waals surface area contributed by atoms with Gasteiger partial charge in [0.1, 0.15) is 36.0 Å². The smallest absolute Gasteiger partial charge is 0.459 e. The van der Waals surface area contributed by atoms with Gasteiger partial charge in [0.25, 0.3) is 5.91 Å². The second kappa shape index (κ2) is 15.5. The van der Waals surface area contributed by atoms with E-state index in [0.29, 0.717) is 17.1 Å². The first-order valence-corrected chi connectivity index (χ1v) is 15.4. The van der Waals surface area contributed by atoms with Crippen molar-refractivity contribution < 1.29 is 51.7 Å². The average molecular weight is 625 g/mol. The molecule has 1 saturated heterocycles. The number of hydrogen-bond acceptors (Lipinski definition) is 11. The molecule has 14 heteroatoms. The molecule has 238 valence electrons. The van der Waals surface area contributed by atoms with Crippen molar-refractivity contribution >= 4 is 19.6 Å². The monoisotopic (exact) mass is 624 g/mol. The first-order valence-electron chi connectivity index (χ1n) is 13.8. The normalized spacial score (nSPS) is 19.7. The maximum absolute atomic E-state index is 14.0. The van der Waals surface area contributed by atoms with Gasteiger partial charge >= 0.3 is 13.7 Å². The van der Waals surface area contributed by atoms with Gasteiger partial charge in [-0.25, -0.2) is 10.0 Å². The molecule has 4 atom stereocenters. The van der Waals surface area contributed by atoms with Gasteiger partial charge in [-0.15, -0.1) is 0 Å². The third-order valence-electron chi connectivity index (χ3n) is 6.22. The molecule has 3 rings (SSSR count). The van der Waals surface area contributed by atoms with E-state index in [9.17, 15) is 14.2 Å². The van der Waals surface area contributed by atoms with Crippen molar-refractivity contribution in [2.75, 3.05) is 27.4 Å². The molecule has 0 saturated carbocycles.